The molecule has 1 aliphatic rings. The van der Waals surface area contributed by atoms with Gasteiger partial charge in [-0.3, -0.25) is 9.78 Å². The first-order valence-corrected chi connectivity index (χ1v) is 9.98. The number of anilines is 1. The maximum absolute atomic E-state index is 12.5. The number of amides is 1. The Kier molecular flexibility index (Phi) is 5.57. The van der Waals surface area contributed by atoms with Crippen LogP contribution in [0.15, 0.2) is 73.1 Å². The first-order chi connectivity index (χ1) is 14.1. The smallest absolute Gasteiger partial charge is 0.226 e. The van der Waals surface area contributed by atoms with Gasteiger partial charge in [0.1, 0.15) is 0 Å². The Morgan fingerprint density at radius 1 is 1.14 bits per heavy atom. The maximum atomic E-state index is 12.5. The molecule has 2 aromatic heterocycles. The van der Waals surface area contributed by atoms with E-state index in [0.717, 1.165) is 17.1 Å². The minimum atomic E-state index is -0.0746. The van der Waals surface area contributed by atoms with Crippen molar-refractivity contribution in [2.75, 3.05) is 11.9 Å². The first kappa shape index (κ1) is 19.1. The fourth-order valence-electron chi connectivity index (χ4n) is 3.72. The fourth-order valence-corrected chi connectivity index (χ4v) is 4.05. The number of hydrogen-bond donors (Lipinski definition) is 2. The molecule has 29 heavy (non-hydrogen) atoms. The van der Waals surface area contributed by atoms with Crippen molar-refractivity contribution in [2.45, 2.75) is 18.5 Å². The Balaban J connectivity index is 1.53. The highest BCUT2D eigenvalue weighted by molar-refractivity contribution is 7.80. The number of rotatable bonds is 6. The largest absolute Gasteiger partial charge is 0.353 e. The monoisotopic (exact) mass is 405 g/mol. The number of carbonyl (C=O) groups is 1. The SMILES string of the molecule is Cn1cccc1[C@H]1[C@H](c2ccccn2)NC(=S)N1CCC(=O)Nc1ccccc1. The molecule has 2 N–H and O–H groups in total. The number of para-hydroxylation sites is 1. The lowest BCUT2D eigenvalue weighted by Gasteiger charge is -2.28. The molecule has 7 heteroatoms. The van der Waals surface area contributed by atoms with Crippen LogP contribution in [0.2, 0.25) is 0 Å². The van der Waals surface area contributed by atoms with Crippen molar-refractivity contribution in [3.05, 3.63) is 84.4 Å². The van der Waals surface area contributed by atoms with Crippen molar-refractivity contribution < 1.29 is 4.79 Å². The van der Waals surface area contributed by atoms with Crippen LogP contribution >= 0.6 is 12.2 Å². The molecule has 148 valence electrons. The van der Waals surface area contributed by atoms with E-state index in [2.05, 4.69) is 31.2 Å². The van der Waals surface area contributed by atoms with Gasteiger partial charge in [-0.2, -0.15) is 0 Å². The second kappa shape index (κ2) is 8.45. The quantitative estimate of drug-likeness (QED) is 0.616. The van der Waals surface area contributed by atoms with E-state index >= 15 is 0 Å². The predicted molar refractivity (Wildman–Crippen MR) is 117 cm³/mol. The number of thiocarbonyl (C=S) groups is 1. The van der Waals surface area contributed by atoms with E-state index in [1.165, 1.54) is 0 Å². The second-order valence-corrected chi connectivity index (χ2v) is 7.41. The summed E-state index contributed by atoms with van der Waals surface area (Å²) in [6, 6.07) is 19.4. The van der Waals surface area contributed by atoms with Crippen LogP contribution in [0.3, 0.4) is 0 Å². The van der Waals surface area contributed by atoms with E-state index in [-0.39, 0.29) is 18.0 Å². The minimum Gasteiger partial charge on any atom is -0.353 e. The Hall–Kier alpha value is -3.19. The molecule has 0 radical (unpaired) electrons. The average Bonchev–Trinajstić information content (AvgIpc) is 3.30. The number of hydrogen-bond acceptors (Lipinski definition) is 3. The molecule has 3 aromatic rings. The van der Waals surface area contributed by atoms with Crippen molar-refractivity contribution in [3.8, 4) is 0 Å². The molecular formula is C22H23N5OS. The molecule has 0 aliphatic carbocycles. The summed E-state index contributed by atoms with van der Waals surface area (Å²) in [5.41, 5.74) is 2.85. The number of aromatic nitrogens is 2. The van der Waals surface area contributed by atoms with Crippen molar-refractivity contribution in [1.29, 1.82) is 0 Å². The third-order valence-electron chi connectivity index (χ3n) is 5.12. The predicted octanol–water partition coefficient (Wildman–Crippen LogP) is 3.42. The average molecular weight is 406 g/mol. The molecule has 1 saturated heterocycles. The van der Waals surface area contributed by atoms with Crippen LogP contribution in [0.1, 0.15) is 29.9 Å². The van der Waals surface area contributed by atoms with E-state index < -0.39 is 0 Å². The standard InChI is InChI=1S/C22H23N5OS/c1-26-14-7-11-18(26)21-20(17-10-5-6-13-23-17)25-22(29)27(21)15-12-19(28)24-16-8-3-2-4-9-16/h2-11,13-14,20-21H,12,15H2,1H3,(H,24,28)(H,25,29)/t20-,21-/m0/s1. The molecule has 0 spiro atoms. The Labute approximate surface area is 175 Å². The molecule has 6 nitrogen and oxygen atoms in total. The lowest BCUT2D eigenvalue weighted by molar-refractivity contribution is -0.116. The first-order valence-electron chi connectivity index (χ1n) is 9.57. The third kappa shape index (κ3) is 4.14. The summed E-state index contributed by atoms with van der Waals surface area (Å²) in [5.74, 6) is -0.0362. The van der Waals surface area contributed by atoms with Gasteiger partial charge in [-0.05, 0) is 48.6 Å². The van der Waals surface area contributed by atoms with Crippen LogP contribution in [-0.4, -0.2) is 32.0 Å². The van der Waals surface area contributed by atoms with Gasteiger partial charge in [-0.25, -0.2) is 0 Å². The van der Waals surface area contributed by atoms with Crippen LogP contribution in [-0.2, 0) is 11.8 Å². The number of nitrogens with one attached hydrogen (secondary N) is 2. The zero-order valence-corrected chi connectivity index (χ0v) is 17.0. The Bertz CT molecular complexity index is 989. The van der Waals surface area contributed by atoms with Gasteiger partial charge in [-0.15, -0.1) is 0 Å². The van der Waals surface area contributed by atoms with Crippen molar-refractivity contribution in [1.82, 2.24) is 19.8 Å². The molecule has 1 aliphatic heterocycles. The van der Waals surface area contributed by atoms with Crippen molar-refractivity contribution >= 4 is 28.9 Å². The van der Waals surface area contributed by atoms with Gasteiger partial charge in [0.05, 0.1) is 17.8 Å². The molecule has 1 aromatic carbocycles. The van der Waals surface area contributed by atoms with Crippen LogP contribution in [0.4, 0.5) is 5.69 Å². The number of nitrogens with zero attached hydrogens (tertiary/aromatic N) is 3. The molecule has 4 rings (SSSR count). The van der Waals surface area contributed by atoms with Gasteiger partial charge in [0, 0.05) is 43.8 Å². The summed E-state index contributed by atoms with van der Waals surface area (Å²) in [6.45, 7) is 0.518. The molecular weight excluding hydrogens is 382 g/mol. The summed E-state index contributed by atoms with van der Waals surface area (Å²) in [5, 5.41) is 6.99. The lowest BCUT2D eigenvalue weighted by Crippen LogP contribution is -2.33. The Morgan fingerprint density at radius 2 is 1.93 bits per heavy atom. The topological polar surface area (TPSA) is 62.2 Å². The number of carbonyl (C=O) groups excluding carboxylic acids is 1. The summed E-state index contributed by atoms with van der Waals surface area (Å²) in [6.07, 6.45) is 4.15. The highest BCUT2D eigenvalue weighted by Gasteiger charge is 2.40. The molecule has 1 amide bonds. The molecule has 0 bridgehead atoms. The van der Waals surface area contributed by atoms with Crippen LogP contribution in [0.5, 0.6) is 0 Å². The Morgan fingerprint density at radius 3 is 2.62 bits per heavy atom. The van der Waals surface area contributed by atoms with E-state index in [1.54, 1.807) is 6.20 Å². The van der Waals surface area contributed by atoms with E-state index in [4.69, 9.17) is 12.2 Å². The van der Waals surface area contributed by atoms with E-state index in [9.17, 15) is 4.79 Å². The summed E-state index contributed by atoms with van der Waals surface area (Å²) in [7, 11) is 2.02. The van der Waals surface area contributed by atoms with Crippen LogP contribution < -0.4 is 10.6 Å². The molecule has 0 saturated carbocycles. The zero-order chi connectivity index (χ0) is 20.2. The van der Waals surface area contributed by atoms with Gasteiger partial charge in [0.2, 0.25) is 5.91 Å². The summed E-state index contributed by atoms with van der Waals surface area (Å²) in [4.78, 5) is 19.1. The van der Waals surface area contributed by atoms with Crippen LogP contribution in [0, 0.1) is 0 Å². The van der Waals surface area contributed by atoms with E-state index in [1.807, 2.05) is 67.8 Å². The number of pyridine rings is 1. The summed E-state index contributed by atoms with van der Waals surface area (Å²) < 4.78 is 2.09. The van der Waals surface area contributed by atoms with Gasteiger partial charge >= 0.3 is 0 Å². The number of aryl methyl sites for hydroxylation is 1. The molecule has 3 heterocycles. The van der Waals surface area contributed by atoms with E-state index in [0.29, 0.717) is 18.1 Å². The van der Waals surface area contributed by atoms with Gasteiger partial charge in [-0.1, -0.05) is 24.3 Å². The maximum Gasteiger partial charge on any atom is 0.226 e. The lowest BCUT2D eigenvalue weighted by atomic mass is 10.0. The highest BCUT2D eigenvalue weighted by atomic mass is 32.1. The molecule has 1 fully saturated rings. The van der Waals surface area contributed by atoms with Gasteiger partial charge < -0.3 is 20.1 Å². The van der Waals surface area contributed by atoms with Gasteiger partial charge in [0.25, 0.3) is 0 Å². The van der Waals surface area contributed by atoms with Crippen LogP contribution in [0.25, 0.3) is 0 Å². The zero-order valence-electron chi connectivity index (χ0n) is 16.2. The van der Waals surface area contributed by atoms with Crippen molar-refractivity contribution in [3.63, 3.8) is 0 Å². The van der Waals surface area contributed by atoms with Crippen molar-refractivity contribution in [2.24, 2.45) is 7.05 Å². The normalized spacial score (nSPS) is 18.5. The summed E-state index contributed by atoms with van der Waals surface area (Å²) >= 11 is 5.64. The number of benzene rings is 1. The molecule has 2 atom stereocenters. The third-order valence-corrected chi connectivity index (χ3v) is 5.47. The fraction of sp³-hybridized carbons (Fsp3) is 0.227. The second-order valence-electron chi connectivity index (χ2n) is 7.03. The minimum absolute atomic E-state index is 0.0362. The molecule has 0 unspecified atom stereocenters. The van der Waals surface area contributed by atoms with Gasteiger partial charge in [0.15, 0.2) is 5.11 Å². The highest BCUT2D eigenvalue weighted by Crippen LogP contribution is 2.38.